The second-order valence-electron chi connectivity index (χ2n) is 7.03. The van der Waals surface area contributed by atoms with Crippen molar-refractivity contribution in [3.63, 3.8) is 0 Å². The number of aliphatic hydroxyl groups excluding tert-OH is 1. The lowest BCUT2D eigenvalue weighted by Gasteiger charge is -2.28. The van der Waals surface area contributed by atoms with Gasteiger partial charge in [-0.15, -0.1) is 11.8 Å². The average molecular weight is 452 g/mol. The average Bonchev–Trinajstić information content (AvgIpc) is 2.73. The van der Waals surface area contributed by atoms with E-state index in [4.69, 9.17) is 21.7 Å². The molecule has 11 heteroatoms. The van der Waals surface area contributed by atoms with E-state index in [1.165, 1.54) is 11.8 Å². The van der Waals surface area contributed by atoms with Crippen LogP contribution in [-0.2, 0) is 19.2 Å². The summed E-state index contributed by atoms with van der Waals surface area (Å²) in [6.07, 6.45) is 1.98. The van der Waals surface area contributed by atoms with Gasteiger partial charge in [0, 0.05) is 12.2 Å². The van der Waals surface area contributed by atoms with Crippen LogP contribution in [0.3, 0.4) is 0 Å². The number of fused-ring (bicyclic) bond motifs is 1. The van der Waals surface area contributed by atoms with E-state index in [0.29, 0.717) is 4.90 Å². The Balaban J connectivity index is 2.04. The van der Waals surface area contributed by atoms with Gasteiger partial charge in [-0.2, -0.15) is 0 Å². The number of benzene rings is 1. The largest absolute Gasteiger partial charge is 0.480 e. The van der Waals surface area contributed by atoms with Crippen LogP contribution in [0.4, 0.5) is 0 Å². The van der Waals surface area contributed by atoms with Gasteiger partial charge < -0.3 is 26.8 Å². The maximum Gasteiger partial charge on any atom is 0.323 e. The van der Waals surface area contributed by atoms with Crippen LogP contribution in [0, 0.1) is 0 Å². The van der Waals surface area contributed by atoms with Crippen LogP contribution in [0.5, 0.6) is 0 Å². The van der Waals surface area contributed by atoms with Gasteiger partial charge >= 0.3 is 11.9 Å². The molecule has 31 heavy (non-hydrogen) atoms. The number of imide groups is 1. The maximum atomic E-state index is 12.7. The number of carboxylic acids is 2. The summed E-state index contributed by atoms with van der Waals surface area (Å²) in [6.45, 7) is -0.893. The number of aliphatic carboxylic acids is 2. The topological polar surface area (TPSA) is 184 Å². The number of carbonyl (C=O) groups excluding carboxylic acids is 2. The molecule has 168 valence electrons. The van der Waals surface area contributed by atoms with Crippen molar-refractivity contribution in [2.24, 2.45) is 11.5 Å². The Bertz CT molecular complexity index is 876. The third-order valence-corrected chi connectivity index (χ3v) is 6.15. The molecule has 1 aromatic rings. The maximum absolute atomic E-state index is 12.7. The quantitative estimate of drug-likeness (QED) is 0.319. The Morgan fingerprint density at radius 3 is 2.42 bits per heavy atom. The van der Waals surface area contributed by atoms with Crippen molar-refractivity contribution in [2.75, 3.05) is 12.3 Å². The number of thioether (sulfide) groups is 1. The van der Waals surface area contributed by atoms with E-state index in [0.717, 1.165) is 11.1 Å². The van der Waals surface area contributed by atoms with Gasteiger partial charge in [-0.1, -0.05) is 36.4 Å². The molecule has 0 aliphatic heterocycles. The van der Waals surface area contributed by atoms with Gasteiger partial charge in [0.2, 0.25) is 11.8 Å². The predicted octanol–water partition coefficient (Wildman–Crippen LogP) is -0.192. The van der Waals surface area contributed by atoms with Gasteiger partial charge in [-0.25, -0.2) is 0 Å². The molecule has 0 spiro atoms. The van der Waals surface area contributed by atoms with Crippen LogP contribution >= 0.6 is 11.8 Å². The minimum absolute atomic E-state index is 0.0285. The summed E-state index contributed by atoms with van der Waals surface area (Å²) in [5.74, 6) is -4.45. The van der Waals surface area contributed by atoms with Crippen molar-refractivity contribution in [1.29, 1.82) is 0 Å². The zero-order chi connectivity index (χ0) is 23.1. The molecular weight excluding hydrogens is 426 g/mol. The highest BCUT2D eigenvalue weighted by Gasteiger charge is 2.31. The number of carboxylic acid groups (broad SMARTS) is 2. The number of carbonyl (C=O) groups is 4. The summed E-state index contributed by atoms with van der Waals surface area (Å²) in [5, 5.41) is 27.8. The molecule has 0 saturated heterocycles. The first-order chi connectivity index (χ1) is 14.6. The summed E-state index contributed by atoms with van der Waals surface area (Å²) in [4.78, 5) is 47.5. The number of hydrogen-bond donors (Lipinski definition) is 5. The molecule has 0 aromatic heterocycles. The van der Waals surface area contributed by atoms with E-state index >= 15 is 0 Å². The Labute approximate surface area is 182 Å². The van der Waals surface area contributed by atoms with Crippen LogP contribution < -0.4 is 11.5 Å². The van der Waals surface area contributed by atoms with Crippen molar-refractivity contribution in [2.45, 2.75) is 36.3 Å². The molecule has 7 N–H and O–H groups in total. The molecule has 0 radical (unpaired) electrons. The Morgan fingerprint density at radius 1 is 1.10 bits per heavy atom. The van der Waals surface area contributed by atoms with Crippen LogP contribution in [0.25, 0.3) is 6.08 Å². The molecule has 0 fully saturated rings. The summed E-state index contributed by atoms with van der Waals surface area (Å²) in [7, 11) is 0. The highest BCUT2D eigenvalue weighted by atomic mass is 32.2. The molecule has 4 atom stereocenters. The van der Waals surface area contributed by atoms with Crippen molar-refractivity contribution in [1.82, 2.24) is 4.90 Å². The Kier molecular flexibility index (Phi) is 8.75. The molecule has 1 unspecified atom stereocenters. The van der Waals surface area contributed by atoms with Gasteiger partial charge in [0.15, 0.2) is 0 Å². The molecule has 1 aliphatic carbocycles. The first kappa shape index (κ1) is 24.5. The van der Waals surface area contributed by atoms with Crippen LogP contribution in [0.2, 0.25) is 0 Å². The van der Waals surface area contributed by atoms with E-state index in [2.05, 4.69) is 0 Å². The lowest BCUT2D eigenvalue weighted by atomic mass is 9.95. The third-order valence-electron chi connectivity index (χ3n) is 4.71. The van der Waals surface area contributed by atoms with Crippen LogP contribution in [0.15, 0.2) is 30.3 Å². The standard InChI is InChI=1S/C20H25N3O7S/c21-13(20(29)30)6-8-16(25)23(9-17(26)27)19(28)14(22)10-31-18-12-4-2-1-3-11(12)5-7-15(18)24/h1-5,7,13-15,18,24H,6,8-10,21-22H2,(H,26,27)(H,29,30)/t13-,14-,15?,18+/m0/s1. The molecule has 1 aliphatic rings. The van der Waals surface area contributed by atoms with Crippen LogP contribution in [-0.4, -0.2) is 74.5 Å². The highest BCUT2D eigenvalue weighted by Crippen LogP contribution is 2.38. The third kappa shape index (κ3) is 6.62. The zero-order valence-electron chi connectivity index (χ0n) is 16.6. The fourth-order valence-corrected chi connectivity index (χ4v) is 4.28. The highest BCUT2D eigenvalue weighted by molar-refractivity contribution is 7.99. The predicted molar refractivity (Wildman–Crippen MR) is 114 cm³/mol. The van der Waals surface area contributed by atoms with Gasteiger partial charge in [0.25, 0.3) is 0 Å². The molecule has 1 aromatic carbocycles. The number of nitrogens with zero attached hydrogens (tertiary/aromatic N) is 1. The zero-order valence-corrected chi connectivity index (χ0v) is 17.4. The van der Waals surface area contributed by atoms with Gasteiger partial charge in [0.1, 0.15) is 12.6 Å². The van der Waals surface area contributed by atoms with Crippen LogP contribution in [0.1, 0.15) is 29.2 Å². The minimum atomic E-state index is -1.41. The Morgan fingerprint density at radius 2 is 1.77 bits per heavy atom. The van der Waals surface area contributed by atoms with Gasteiger partial charge in [-0.3, -0.25) is 24.1 Å². The summed E-state index contributed by atoms with van der Waals surface area (Å²) < 4.78 is 0. The molecule has 0 saturated carbocycles. The lowest BCUT2D eigenvalue weighted by molar-refractivity contribution is -0.153. The smallest absolute Gasteiger partial charge is 0.323 e. The van der Waals surface area contributed by atoms with Crippen molar-refractivity contribution in [3.8, 4) is 0 Å². The second kappa shape index (κ2) is 11.0. The van der Waals surface area contributed by atoms with E-state index in [1.807, 2.05) is 24.3 Å². The SMILES string of the molecule is N[C@@H](CCC(=O)N(CC(=O)O)C(=O)[C@@H](N)CS[C@@H]1c2ccccc2C=CC1O)C(=O)O. The molecular formula is C20H25N3O7S. The number of nitrogens with two attached hydrogens (primary N) is 2. The fourth-order valence-electron chi connectivity index (χ4n) is 3.04. The molecule has 2 amide bonds. The number of hydrogen-bond acceptors (Lipinski definition) is 8. The Hall–Kier alpha value is -2.73. The van der Waals surface area contributed by atoms with Gasteiger partial charge in [-0.05, 0) is 17.5 Å². The first-order valence-electron chi connectivity index (χ1n) is 9.48. The first-order valence-corrected chi connectivity index (χ1v) is 10.5. The summed E-state index contributed by atoms with van der Waals surface area (Å²) >= 11 is 1.22. The van der Waals surface area contributed by atoms with Crippen molar-refractivity contribution < 1.29 is 34.5 Å². The number of rotatable bonds is 10. The fraction of sp³-hybridized carbons (Fsp3) is 0.400. The van der Waals surface area contributed by atoms with E-state index in [-0.39, 0.29) is 17.4 Å². The molecule has 2 rings (SSSR count). The normalized spacial score (nSPS) is 19.2. The monoisotopic (exact) mass is 451 g/mol. The summed E-state index contributed by atoms with van der Waals surface area (Å²) in [5.41, 5.74) is 13.1. The summed E-state index contributed by atoms with van der Waals surface area (Å²) in [6, 6.07) is 4.94. The second-order valence-corrected chi connectivity index (χ2v) is 8.21. The van der Waals surface area contributed by atoms with E-state index in [1.54, 1.807) is 12.2 Å². The number of amides is 2. The van der Waals surface area contributed by atoms with Crippen molar-refractivity contribution in [3.05, 3.63) is 41.5 Å². The molecule has 0 bridgehead atoms. The van der Waals surface area contributed by atoms with Gasteiger partial charge in [0.05, 0.1) is 17.4 Å². The van der Waals surface area contributed by atoms with E-state index in [9.17, 15) is 24.3 Å². The molecule has 0 heterocycles. The minimum Gasteiger partial charge on any atom is -0.480 e. The lowest BCUT2D eigenvalue weighted by Crippen LogP contribution is -2.50. The van der Waals surface area contributed by atoms with E-state index < -0.39 is 54.9 Å². The molecule has 10 nitrogen and oxygen atoms in total. The number of aliphatic hydroxyl groups is 1. The van der Waals surface area contributed by atoms with Crippen molar-refractivity contribution >= 4 is 41.6 Å².